The first kappa shape index (κ1) is 19.3. The zero-order valence-electron chi connectivity index (χ0n) is 15.6. The predicted octanol–water partition coefficient (Wildman–Crippen LogP) is 5.59. The number of hydrogen-bond donors (Lipinski definition) is 1. The van der Waals surface area contributed by atoms with Crippen molar-refractivity contribution in [3.8, 4) is 0 Å². The summed E-state index contributed by atoms with van der Waals surface area (Å²) >= 11 is 12.8. The van der Waals surface area contributed by atoms with Gasteiger partial charge in [0.15, 0.2) is 0 Å². The Hall–Kier alpha value is -2.04. The van der Waals surface area contributed by atoms with E-state index in [4.69, 9.17) is 28.2 Å². The zero-order chi connectivity index (χ0) is 19.5. The Morgan fingerprint density at radius 2 is 1.75 bits per heavy atom. The highest BCUT2D eigenvalue weighted by molar-refractivity contribution is 6.36. The molecule has 0 spiro atoms. The molecule has 1 heterocycles. The van der Waals surface area contributed by atoms with Crippen LogP contribution in [0.25, 0.3) is 11.0 Å². The zero-order valence-corrected chi connectivity index (χ0v) is 17.1. The van der Waals surface area contributed by atoms with Gasteiger partial charge in [-0.05, 0) is 37.1 Å². The van der Waals surface area contributed by atoms with Crippen LogP contribution in [0.1, 0.15) is 43.5 Å². The highest BCUT2D eigenvalue weighted by Crippen LogP contribution is 2.28. The van der Waals surface area contributed by atoms with Crippen LogP contribution in [0.3, 0.4) is 0 Å². The fourth-order valence-corrected chi connectivity index (χ4v) is 4.47. The molecule has 146 valence electrons. The maximum atomic E-state index is 12.6. The Bertz CT molecular complexity index is 972. The summed E-state index contributed by atoms with van der Waals surface area (Å²) in [5.41, 5.74) is 2.75. The van der Waals surface area contributed by atoms with Crippen molar-refractivity contribution in [1.82, 2.24) is 14.9 Å². The highest BCUT2D eigenvalue weighted by atomic mass is 35.5. The van der Waals surface area contributed by atoms with Gasteiger partial charge in [-0.3, -0.25) is 4.79 Å². The minimum atomic E-state index is 0.129. The van der Waals surface area contributed by atoms with E-state index >= 15 is 0 Å². The molecule has 1 aromatic heterocycles. The van der Waals surface area contributed by atoms with Crippen LogP contribution in [-0.2, 0) is 17.9 Å². The number of amides is 1. The summed E-state index contributed by atoms with van der Waals surface area (Å²) in [6.45, 7) is 0.903. The SMILES string of the molecule is O=C(NCc1nc2ccccc2n1Cc1c(Cl)cccc1Cl)C1CCCCC1. The molecule has 6 heteroatoms. The van der Waals surface area contributed by atoms with Crippen LogP contribution in [0.15, 0.2) is 42.5 Å². The van der Waals surface area contributed by atoms with Gasteiger partial charge in [0.25, 0.3) is 0 Å². The lowest BCUT2D eigenvalue weighted by molar-refractivity contribution is -0.126. The lowest BCUT2D eigenvalue weighted by Crippen LogP contribution is -2.32. The lowest BCUT2D eigenvalue weighted by atomic mass is 9.89. The number of halogens is 2. The van der Waals surface area contributed by atoms with Gasteiger partial charge in [0.1, 0.15) is 5.82 Å². The maximum Gasteiger partial charge on any atom is 0.223 e. The van der Waals surface area contributed by atoms with Gasteiger partial charge in [0.05, 0.1) is 24.1 Å². The van der Waals surface area contributed by atoms with E-state index in [9.17, 15) is 4.79 Å². The number of imidazole rings is 1. The molecule has 3 aromatic rings. The molecule has 0 saturated heterocycles. The third kappa shape index (κ3) is 4.03. The number of hydrogen-bond acceptors (Lipinski definition) is 2. The molecule has 0 unspecified atom stereocenters. The largest absolute Gasteiger partial charge is 0.349 e. The molecule has 0 bridgehead atoms. The summed E-state index contributed by atoms with van der Waals surface area (Å²) < 4.78 is 2.09. The standard InChI is InChI=1S/C22H23Cl2N3O/c23-17-9-6-10-18(24)16(17)14-27-20-12-5-4-11-19(20)26-21(27)13-25-22(28)15-7-2-1-3-8-15/h4-6,9-12,15H,1-3,7-8,13-14H2,(H,25,28). The summed E-state index contributed by atoms with van der Waals surface area (Å²) in [6.07, 6.45) is 5.48. The summed E-state index contributed by atoms with van der Waals surface area (Å²) in [7, 11) is 0. The normalized spacial score (nSPS) is 15.1. The number of nitrogens with zero attached hydrogens (tertiary/aromatic N) is 2. The third-order valence-electron chi connectivity index (χ3n) is 5.51. The Balaban J connectivity index is 1.61. The van der Waals surface area contributed by atoms with Crippen LogP contribution in [0.5, 0.6) is 0 Å². The summed E-state index contributed by atoms with van der Waals surface area (Å²) in [5, 5.41) is 4.35. The van der Waals surface area contributed by atoms with Crippen LogP contribution < -0.4 is 5.32 Å². The van der Waals surface area contributed by atoms with Gasteiger partial charge in [-0.2, -0.15) is 0 Å². The molecular formula is C22H23Cl2N3O. The molecule has 4 nitrogen and oxygen atoms in total. The molecule has 2 aromatic carbocycles. The average molecular weight is 416 g/mol. The van der Waals surface area contributed by atoms with Gasteiger partial charge in [0, 0.05) is 21.5 Å². The first-order valence-electron chi connectivity index (χ1n) is 9.78. The molecule has 1 aliphatic rings. The topological polar surface area (TPSA) is 46.9 Å². The Morgan fingerprint density at radius 1 is 1.04 bits per heavy atom. The number of fused-ring (bicyclic) bond motifs is 1. The lowest BCUT2D eigenvalue weighted by Gasteiger charge is -2.20. The van der Waals surface area contributed by atoms with Gasteiger partial charge < -0.3 is 9.88 Å². The molecule has 4 rings (SSSR count). The first-order valence-corrected chi connectivity index (χ1v) is 10.5. The van der Waals surface area contributed by atoms with Crippen molar-refractivity contribution in [3.63, 3.8) is 0 Å². The monoisotopic (exact) mass is 415 g/mol. The first-order chi connectivity index (χ1) is 13.6. The summed E-state index contributed by atoms with van der Waals surface area (Å²) in [6, 6.07) is 13.5. The number of aromatic nitrogens is 2. The molecule has 1 aliphatic carbocycles. The van der Waals surface area contributed by atoms with E-state index in [0.29, 0.717) is 23.1 Å². The Labute approximate surface area is 174 Å². The second-order valence-electron chi connectivity index (χ2n) is 7.36. The summed E-state index contributed by atoms with van der Waals surface area (Å²) in [4.78, 5) is 17.3. The molecule has 0 aliphatic heterocycles. The van der Waals surface area contributed by atoms with Crippen molar-refractivity contribution in [2.75, 3.05) is 0 Å². The van der Waals surface area contributed by atoms with Crippen LogP contribution in [0, 0.1) is 5.92 Å². The average Bonchev–Trinajstić information content (AvgIpc) is 3.07. The van der Waals surface area contributed by atoms with Crippen LogP contribution in [-0.4, -0.2) is 15.5 Å². The van der Waals surface area contributed by atoms with Crippen LogP contribution in [0.2, 0.25) is 10.0 Å². The molecule has 0 atom stereocenters. The second-order valence-corrected chi connectivity index (χ2v) is 8.17. The van der Waals surface area contributed by atoms with Crippen molar-refractivity contribution in [2.24, 2.45) is 5.92 Å². The minimum Gasteiger partial charge on any atom is -0.349 e. The van der Waals surface area contributed by atoms with E-state index in [1.165, 1.54) is 6.42 Å². The fourth-order valence-electron chi connectivity index (χ4n) is 3.95. The smallest absolute Gasteiger partial charge is 0.223 e. The van der Waals surface area contributed by atoms with Crippen molar-refractivity contribution in [1.29, 1.82) is 0 Å². The van der Waals surface area contributed by atoms with Crippen LogP contribution in [0.4, 0.5) is 0 Å². The van der Waals surface area contributed by atoms with Gasteiger partial charge in [-0.15, -0.1) is 0 Å². The van der Waals surface area contributed by atoms with Gasteiger partial charge in [0.2, 0.25) is 5.91 Å². The fraction of sp³-hybridized carbons (Fsp3) is 0.364. The van der Waals surface area contributed by atoms with Gasteiger partial charge >= 0.3 is 0 Å². The number of para-hydroxylation sites is 2. The highest BCUT2D eigenvalue weighted by Gasteiger charge is 2.22. The predicted molar refractivity (Wildman–Crippen MR) is 114 cm³/mol. The van der Waals surface area contributed by atoms with E-state index in [-0.39, 0.29) is 11.8 Å². The second kappa shape index (κ2) is 8.54. The molecule has 0 radical (unpaired) electrons. The van der Waals surface area contributed by atoms with E-state index < -0.39 is 0 Å². The Morgan fingerprint density at radius 3 is 2.50 bits per heavy atom. The molecule has 1 fully saturated rings. The number of carbonyl (C=O) groups is 1. The van der Waals surface area contributed by atoms with Crippen molar-refractivity contribution >= 4 is 40.1 Å². The van der Waals surface area contributed by atoms with Crippen LogP contribution >= 0.6 is 23.2 Å². The van der Waals surface area contributed by atoms with Crippen molar-refractivity contribution in [2.45, 2.75) is 45.2 Å². The molecule has 1 N–H and O–H groups in total. The number of benzene rings is 2. The third-order valence-corrected chi connectivity index (χ3v) is 6.22. The number of rotatable bonds is 5. The number of carbonyl (C=O) groups excluding carboxylic acids is 1. The maximum absolute atomic E-state index is 12.6. The molecular weight excluding hydrogens is 393 g/mol. The molecule has 1 amide bonds. The van der Waals surface area contributed by atoms with E-state index in [0.717, 1.165) is 48.1 Å². The molecule has 1 saturated carbocycles. The van der Waals surface area contributed by atoms with Gasteiger partial charge in [-0.25, -0.2) is 4.98 Å². The van der Waals surface area contributed by atoms with Gasteiger partial charge in [-0.1, -0.05) is 60.7 Å². The van der Waals surface area contributed by atoms with Crippen molar-refractivity contribution < 1.29 is 4.79 Å². The quantitative estimate of drug-likeness (QED) is 0.590. The molecule has 28 heavy (non-hydrogen) atoms. The van der Waals surface area contributed by atoms with Crippen molar-refractivity contribution in [3.05, 3.63) is 63.9 Å². The van der Waals surface area contributed by atoms with E-state index in [1.54, 1.807) is 0 Å². The van der Waals surface area contributed by atoms with E-state index in [1.807, 2.05) is 42.5 Å². The van der Waals surface area contributed by atoms with E-state index in [2.05, 4.69) is 9.88 Å². The minimum absolute atomic E-state index is 0.129. The Kier molecular flexibility index (Phi) is 5.88. The number of nitrogens with one attached hydrogen (secondary N) is 1. The summed E-state index contributed by atoms with van der Waals surface area (Å²) in [5.74, 6) is 1.07.